The molecule has 5 nitrogen and oxygen atoms in total. The number of aromatic nitrogens is 3. The fraction of sp³-hybridized carbons (Fsp3) is 0.571. The van der Waals surface area contributed by atoms with Crippen LogP contribution in [-0.2, 0) is 6.54 Å². The van der Waals surface area contributed by atoms with Gasteiger partial charge in [0.05, 0.1) is 6.54 Å². The van der Waals surface area contributed by atoms with E-state index < -0.39 is 0 Å². The molecule has 5 heteroatoms. The van der Waals surface area contributed by atoms with Gasteiger partial charge in [-0.05, 0) is 43.2 Å². The van der Waals surface area contributed by atoms with Gasteiger partial charge in [0.2, 0.25) is 5.89 Å². The van der Waals surface area contributed by atoms with E-state index in [9.17, 15) is 0 Å². The first-order valence-corrected chi connectivity index (χ1v) is 7.03. The van der Waals surface area contributed by atoms with Crippen molar-refractivity contribution < 1.29 is 4.52 Å². The maximum Gasteiger partial charge on any atom is 0.229 e. The van der Waals surface area contributed by atoms with Gasteiger partial charge in [-0.3, -0.25) is 0 Å². The van der Waals surface area contributed by atoms with Gasteiger partial charge in [0, 0.05) is 24.4 Å². The highest BCUT2D eigenvalue weighted by Gasteiger charge is 2.30. The Morgan fingerprint density at radius 2 is 2.21 bits per heavy atom. The van der Waals surface area contributed by atoms with Crippen molar-refractivity contribution in [1.82, 2.24) is 14.7 Å². The largest absolute Gasteiger partial charge is 0.346 e. The van der Waals surface area contributed by atoms with Crippen molar-refractivity contribution in [1.29, 1.82) is 0 Å². The van der Waals surface area contributed by atoms with E-state index in [1.807, 2.05) is 6.20 Å². The van der Waals surface area contributed by atoms with Crippen LogP contribution in [0, 0.1) is 5.92 Å². The highest BCUT2D eigenvalue weighted by Crippen LogP contribution is 2.40. The predicted molar refractivity (Wildman–Crippen MR) is 69.5 cm³/mol. The summed E-state index contributed by atoms with van der Waals surface area (Å²) in [6.07, 6.45) is 9.06. The first-order chi connectivity index (χ1) is 9.29. The molecule has 2 aliphatic rings. The van der Waals surface area contributed by atoms with Crippen molar-refractivity contribution >= 4 is 0 Å². The molecule has 0 radical (unpaired) electrons. The normalized spacial score (nSPS) is 20.7. The van der Waals surface area contributed by atoms with Crippen molar-refractivity contribution in [2.24, 2.45) is 11.7 Å². The third-order valence-electron chi connectivity index (χ3n) is 4.02. The Hall–Kier alpha value is -1.62. The zero-order valence-electron chi connectivity index (χ0n) is 10.8. The van der Waals surface area contributed by atoms with Crippen LogP contribution in [-0.4, -0.2) is 14.7 Å². The number of hydrogen-bond acceptors (Lipinski definition) is 4. The van der Waals surface area contributed by atoms with Gasteiger partial charge in [-0.2, -0.15) is 4.98 Å². The zero-order chi connectivity index (χ0) is 12.8. The minimum absolute atomic E-state index is 0.188. The summed E-state index contributed by atoms with van der Waals surface area (Å²) in [5, 5.41) is 4.04. The summed E-state index contributed by atoms with van der Waals surface area (Å²) in [5.41, 5.74) is 7.41. The summed E-state index contributed by atoms with van der Waals surface area (Å²) in [6.45, 7) is 0.660. The lowest BCUT2D eigenvalue weighted by atomic mass is 10.1. The first kappa shape index (κ1) is 11.2. The van der Waals surface area contributed by atoms with Crippen LogP contribution in [0.5, 0.6) is 0 Å². The molecular weight excluding hydrogens is 240 g/mol. The van der Waals surface area contributed by atoms with E-state index in [0.29, 0.717) is 18.4 Å². The molecule has 0 amide bonds. The molecule has 19 heavy (non-hydrogen) atoms. The molecule has 100 valence electrons. The molecule has 0 aromatic carbocycles. The molecule has 2 fully saturated rings. The van der Waals surface area contributed by atoms with Gasteiger partial charge in [0.15, 0.2) is 5.82 Å². The van der Waals surface area contributed by atoms with E-state index >= 15 is 0 Å². The average Bonchev–Trinajstić information content (AvgIpc) is 3.34. The Morgan fingerprint density at radius 1 is 1.37 bits per heavy atom. The van der Waals surface area contributed by atoms with Gasteiger partial charge in [-0.15, -0.1) is 0 Å². The zero-order valence-corrected chi connectivity index (χ0v) is 10.8. The first-order valence-electron chi connectivity index (χ1n) is 7.03. The maximum atomic E-state index is 6.20. The number of nitrogens with zero attached hydrogens (tertiary/aromatic N) is 3. The lowest BCUT2D eigenvalue weighted by Crippen LogP contribution is -2.11. The SMILES string of the molecule is NC(c1ccn(Cc2noc(C3CC3)n2)c1)C1CC1. The van der Waals surface area contributed by atoms with E-state index in [4.69, 9.17) is 10.3 Å². The quantitative estimate of drug-likeness (QED) is 0.892. The third-order valence-corrected chi connectivity index (χ3v) is 4.02. The highest BCUT2D eigenvalue weighted by atomic mass is 16.5. The van der Waals surface area contributed by atoms with Crippen molar-refractivity contribution in [3.8, 4) is 0 Å². The van der Waals surface area contributed by atoms with E-state index in [1.165, 1.54) is 31.2 Å². The van der Waals surface area contributed by atoms with E-state index in [2.05, 4.69) is 27.0 Å². The second-order valence-electron chi connectivity index (χ2n) is 5.80. The summed E-state index contributed by atoms with van der Waals surface area (Å²) in [7, 11) is 0. The summed E-state index contributed by atoms with van der Waals surface area (Å²) in [5.74, 6) is 2.76. The van der Waals surface area contributed by atoms with Crippen LogP contribution in [0.15, 0.2) is 23.0 Å². The molecule has 4 rings (SSSR count). The monoisotopic (exact) mass is 258 g/mol. The topological polar surface area (TPSA) is 69.9 Å². The fourth-order valence-corrected chi connectivity index (χ4v) is 2.47. The van der Waals surface area contributed by atoms with Crippen molar-refractivity contribution in [3.63, 3.8) is 0 Å². The molecular formula is C14H18N4O. The van der Waals surface area contributed by atoms with Gasteiger partial charge >= 0.3 is 0 Å². The lowest BCUT2D eigenvalue weighted by molar-refractivity contribution is 0.373. The van der Waals surface area contributed by atoms with Crippen LogP contribution >= 0.6 is 0 Å². The molecule has 2 aromatic heterocycles. The molecule has 2 aromatic rings. The molecule has 0 saturated heterocycles. The fourth-order valence-electron chi connectivity index (χ4n) is 2.47. The number of rotatable bonds is 5. The molecule has 2 heterocycles. The molecule has 2 N–H and O–H groups in total. The molecule has 0 bridgehead atoms. The molecule has 0 spiro atoms. The Morgan fingerprint density at radius 3 is 2.95 bits per heavy atom. The van der Waals surface area contributed by atoms with Crippen molar-refractivity contribution in [3.05, 3.63) is 35.7 Å². The average molecular weight is 258 g/mol. The number of nitrogens with two attached hydrogens (primary N) is 1. The molecule has 2 aliphatic carbocycles. The van der Waals surface area contributed by atoms with Crippen LogP contribution < -0.4 is 5.73 Å². The summed E-state index contributed by atoms with van der Waals surface area (Å²) >= 11 is 0. The van der Waals surface area contributed by atoms with Gasteiger partial charge in [0.1, 0.15) is 0 Å². The van der Waals surface area contributed by atoms with Crippen LogP contribution in [0.25, 0.3) is 0 Å². The molecule has 1 unspecified atom stereocenters. The van der Waals surface area contributed by atoms with Crippen LogP contribution in [0.1, 0.15) is 54.9 Å². The lowest BCUT2D eigenvalue weighted by Gasteiger charge is -2.06. The maximum absolute atomic E-state index is 6.20. The summed E-state index contributed by atoms with van der Waals surface area (Å²) in [4.78, 5) is 4.44. The van der Waals surface area contributed by atoms with Crippen molar-refractivity contribution in [2.45, 2.75) is 44.2 Å². The van der Waals surface area contributed by atoms with Gasteiger partial charge in [-0.25, -0.2) is 0 Å². The van der Waals surface area contributed by atoms with Gasteiger partial charge < -0.3 is 14.8 Å². The Kier molecular flexibility index (Phi) is 2.48. The molecule has 0 aliphatic heterocycles. The van der Waals surface area contributed by atoms with E-state index in [0.717, 1.165) is 11.7 Å². The summed E-state index contributed by atoms with van der Waals surface area (Å²) < 4.78 is 7.35. The van der Waals surface area contributed by atoms with Crippen LogP contribution in [0.4, 0.5) is 0 Å². The standard InChI is InChI=1S/C14H18N4O/c15-13(9-1-2-9)11-5-6-18(7-11)8-12-16-14(19-17-12)10-3-4-10/h5-7,9-10,13H,1-4,8,15H2. The highest BCUT2D eigenvalue weighted by molar-refractivity contribution is 5.18. The van der Waals surface area contributed by atoms with E-state index in [1.54, 1.807) is 0 Å². The minimum atomic E-state index is 0.188. The molecule has 1 atom stereocenters. The molecule has 2 saturated carbocycles. The van der Waals surface area contributed by atoms with Gasteiger partial charge in [0.25, 0.3) is 0 Å². The summed E-state index contributed by atoms with van der Waals surface area (Å²) in [6, 6.07) is 2.29. The Labute approximate surface area is 111 Å². The van der Waals surface area contributed by atoms with Gasteiger partial charge in [-0.1, -0.05) is 5.16 Å². The third kappa shape index (κ3) is 2.30. The smallest absolute Gasteiger partial charge is 0.229 e. The van der Waals surface area contributed by atoms with Crippen LogP contribution in [0.2, 0.25) is 0 Å². The second-order valence-corrected chi connectivity index (χ2v) is 5.80. The Bertz CT molecular complexity index is 580. The number of hydrogen-bond donors (Lipinski definition) is 1. The van der Waals surface area contributed by atoms with Crippen LogP contribution in [0.3, 0.4) is 0 Å². The Balaban J connectivity index is 1.46. The predicted octanol–water partition coefficient (Wildman–Crippen LogP) is 2.21. The second kappa shape index (κ2) is 4.20. The minimum Gasteiger partial charge on any atom is -0.346 e. The van der Waals surface area contributed by atoms with E-state index in [-0.39, 0.29) is 6.04 Å². The van der Waals surface area contributed by atoms with Crippen molar-refractivity contribution in [2.75, 3.05) is 0 Å².